The number of nitrogens with one attached hydrogen (secondary N) is 2. The summed E-state index contributed by atoms with van der Waals surface area (Å²) in [5.41, 5.74) is 2.36. The largest absolute Gasteiger partial charge is 0.356 e. The maximum absolute atomic E-state index is 12.7. The third-order valence-corrected chi connectivity index (χ3v) is 7.16. The van der Waals surface area contributed by atoms with Gasteiger partial charge in [-0.05, 0) is 61.8 Å². The lowest BCUT2D eigenvalue weighted by molar-refractivity contribution is -0.118. The minimum Gasteiger partial charge on any atom is -0.356 e. The number of carbonyl (C=O) groups excluding carboxylic acids is 1. The third-order valence-electron chi connectivity index (χ3n) is 6.19. The van der Waals surface area contributed by atoms with Crippen LogP contribution in [0, 0.1) is 0 Å². The Hall–Kier alpha value is -2.38. The number of thiophene rings is 1. The van der Waals surface area contributed by atoms with Crippen LogP contribution in [0.2, 0.25) is 0 Å². The van der Waals surface area contributed by atoms with Crippen LogP contribution in [-0.2, 0) is 11.2 Å². The number of hydrogen-bond donors (Lipinski definition) is 2. The average Bonchev–Trinajstić information content (AvgIpc) is 3.57. The quantitative estimate of drug-likeness (QED) is 0.376. The molecule has 1 saturated heterocycles. The van der Waals surface area contributed by atoms with Gasteiger partial charge in [0.25, 0.3) is 0 Å². The number of nitrogens with zero attached hydrogens (tertiary/aromatic N) is 3. The van der Waals surface area contributed by atoms with E-state index in [0.29, 0.717) is 12.5 Å². The van der Waals surface area contributed by atoms with Gasteiger partial charge in [-0.2, -0.15) is 0 Å². The Labute approximate surface area is 189 Å². The Morgan fingerprint density at radius 3 is 2.74 bits per heavy atom. The first-order valence-corrected chi connectivity index (χ1v) is 12.2. The molecule has 2 N–H and O–H groups in total. The van der Waals surface area contributed by atoms with Crippen molar-refractivity contribution in [1.82, 2.24) is 15.5 Å². The van der Waals surface area contributed by atoms with Crippen LogP contribution in [0.25, 0.3) is 0 Å². The van der Waals surface area contributed by atoms with Crippen molar-refractivity contribution in [3.8, 4) is 0 Å². The van der Waals surface area contributed by atoms with E-state index in [1.54, 1.807) is 7.05 Å². The molecule has 1 amide bonds. The molecule has 1 aromatic heterocycles. The fraction of sp³-hybridized carbons (Fsp3) is 0.500. The summed E-state index contributed by atoms with van der Waals surface area (Å²) >= 11 is 1.82. The van der Waals surface area contributed by atoms with Gasteiger partial charge in [0, 0.05) is 43.7 Å². The second-order valence-electron chi connectivity index (χ2n) is 8.18. The summed E-state index contributed by atoms with van der Waals surface area (Å²) < 4.78 is 0. The summed E-state index contributed by atoms with van der Waals surface area (Å²) in [5, 5.41) is 9.03. The van der Waals surface area contributed by atoms with Crippen molar-refractivity contribution in [2.45, 2.75) is 38.1 Å². The summed E-state index contributed by atoms with van der Waals surface area (Å²) in [4.78, 5) is 22.9. The molecule has 1 fully saturated rings. The van der Waals surface area contributed by atoms with Gasteiger partial charge in [-0.25, -0.2) is 0 Å². The molecule has 166 valence electrons. The Bertz CT molecular complexity index is 876. The standard InChI is InChI=1S/C24H33N5OS/c1-25-24(27-18-21(22-10-7-17-31-22)28-14-4-5-15-28)26-13-6-11-23(30)29-16-12-19-8-2-3-9-20(19)29/h2-3,7-10,17,21H,4-6,11-16,18H2,1H3,(H2,25,26,27). The Kier molecular flexibility index (Phi) is 7.59. The highest BCUT2D eigenvalue weighted by atomic mass is 32.1. The molecule has 1 atom stereocenters. The van der Waals surface area contributed by atoms with Gasteiger partial charge < -0.3 is 15.5 Å². The Morgan fingerprint density at radius 1 is 1.13 bits per heavy atom. The second-order valence-corrected chi connectivity index (χ2v) is 9.16. The number of carbonyl (C=O) groups is 1. The van der Waals surface area contributed by atoms with E-state index >= 15 is 0 Å². The van der Waals surface area contributed by atoms with Crippen molar-refractivity contribution in [3.63, 3.8) is 0 Å². The van der Waals surface area contributed by atoms with E-state index in [2.05, 4.69) is 50.2 Å². The smallest absolute Gasteiger partial charge is 0.227 e. The number of aliphatic imine (C=N–C) groups is 1. The lowest BCUT2D eigenvalue weighted by atomic mass is 10.2. The molecule has 0 aliphatic carbocycles. The molecular formula is C24H33N5OS. The zero-order valence-electron chi connectivity index (χ0n) is 18.3. The molecule has 0 spiro atoms. The molecule has 7 heteroatoms. The van der Waals surface area contributed by atoms with Gasteiger partial charge in [0.15, 0.2) is 5.96 Å². The van der Waals surface area contributed by atoms with Crippen molar-refractivity contribution in [1.29, 1.82) is 0 Å². The van der Waals surface area contributed by atoms with E-state index in [1.165, 1.54) is 23.3 Å². The van der Waals surface area contributed by atoms with Crippen LogP contribution in [-0.4, -0.2) is 56.5 Å². The Morgan fingerprint density at radius 2 is 1.97 bits per heavy atom. The van der Waals surface area contributed by atoms with Crippen molar-refractivity contribution < 1.29 is 4.79 Å². The van der Waals surface area contributed by atoms with E-state index in [1.807, 2.05) is 28.4 Å². The highest BCUT2D eigenvalue weighted by molar-refractivity contribution is 7.10. The number of anilines is 1. The van der Waals surface area contributed by atoms with Crippen LogP contribution in [0.15, 0.2) is 46.8 Å². The molecular weight excluding hydrogens is 406 g/mol. The first kappa shape index (κ1) is 21.8. The molecule has 0 saturated carbocycles. The van der Waals surface area contributed by atoms with E-state index in [-0.39, 0.29) is 5.91 Å². The maximum atomic E-state index is 12.7. The summed E-state index contributed by atoms with van der Waals surface area (Å²) in [6.45, 7) is 4.70. The molecule has 2 aliphatic heterocycles. The minimum atomic E-state index is 0.210. The lowest BCUT2D eigenvalue weighted by Gasteiger charge is -2.27. The topological polar surface area (TPSA) is 60.0 Å². The number of rotatable bonds is 8. The normalized spacial score (nSPS) is 17.6. The van der Waals surface area contributed by atoms with Crippen molar-refractivity contribution in [2.24, 2.45) is 4.99 Å². The van der Waals surface area contributed by atoms with Crippen molar-refractivity contribution in [2.75, 3.05) is 44.7 Å². The van der Waals surface area contributed by atoms with Crippen LogP contribution in [0.4, 0.5) is 5.69 Å². The number of hydrogen-bond acceptors (Lipinski definition) is 4. The second kappa shape index (κ2) is 10.8. The Balaban J connectivity index is 1.21. The molecule has 0 radical (unpaired) electrons. The summed E-state index contributed by atoms with van der Waals surface area (Å²) in [6, 6.07) is 13.0. The molecule has 6 nitrogen and oxygen atoms in total. The fourth-order valence-corrected chi connectivity index (χ4v) is 5.40. The van der Waals surface area contributed by atoms with Crippen LogP contribution < -0.4 is 15.5 Å². The predicted molar refractivity (Wildman–Crippen MR) is 129 cm³/mol. The zero-order chi connectivity index (χ0) is 21.5. The molecule has 0 bridgehead atoms. The minimum absolute atomic E-state index is 0.210. The van der Waals surface area contributed by atoms with Gasteiger partial charge in [0.05, 0.1) is 6.04 Å². The highest BCUT2D eigenvalue weighted by Crippen LogP contribution is 2.29. The van der Waals surface area contributed by atoms with Gasteiger partial charge in [0.1, 0.15) is 0 Å². The monoisotopic (exact) mass is 439 g/mol. The van der Waals surface area contributed by atoms with E-state index in [9.17, 15) is 4.79 Å². The molecule has 3 heterocycles. The molecule has 2 aliphatic rings. The number of benzene rings is 1. The maximum Gasteiger partial charge on any atom is 0.227 e. The first-order chi connectivity index (χ1) is 15.3. The van der Waals surface area contributed by atoms with Gasteiger partial charge in [-0.15, -0.1) is 11.3 Å². The summed E-state index contributed by atoms with van der Waals surface area (Å²) in [5.74, 6) is 1.02. The van der Waals surface area contributed by atoms with Gasteiger partial charge >= 0.3 is 0 Å². The molecule has 2 aromatic rings. The lowest BCUT2D eigenvalue weighted by Crippen LogP contribution is -2.43. The number of guanidine groups is 1. The van der Waals surface area contributed by atoms with Crippen LogP contribution in [0.5, 0.6) is 0 Å². The summed E-state index contributed by atoms with van der Waals surface area (Å²) in [6.07, 6.45) is 4.86. The molecule has 1 unspecified atom stereocenters. The van der Waals surface area contributed by atoms with Gasteiger partial charge in [0.2, 0.25) is 5.91 Å². The predicted octanol–water partition coefficient (Wildman–Crippen LogP) is 3.42. The fourth-order valence-electron chi connectivity index (χ4n) is 4.54. The van der Waals surface area contributed by atoms with Crippen LogP contribution >= 0.6 is 11.3 Å². The van der Waals surface area contributed by atoms with E-state index in [0.717, 1.165) is 57.2 Å². The third kappa shape index (κ3) is 5.46. The number of fused-ring (bicyclic) bond motifs is 1. The average molecular weight is 440 g/mol. The summed E-state index contributed by atoms with van der Waals surface area (Å²) in [7, 11) is 1.80. The van der Waals surface area contributed by atoms with Gasteiger partial charge in [-0.1, -0.05) is 24.3 Å². The van der Waals surface area contributed by atoms with E-state index < -0.39 is 0 Å². The molecule has 31 heavy (non-hydrogen) atoms. The number of amides is 1. The SMILES string of the molecule is CN=C(NCCCC(=O)N1CCc2ccccc21)NCC(c1cccs1)N1CCCC1. The molecule has 4 rings (SSSR count). The van der Waals surface area contributed by atoms with Gasteiger partial charge in [-0.3, -0.25) is 14.7 Å². The number of likely N-dealkylation sites (tertiary alicyclic amines) is 1. The zero-order valence-corrected chi connectivity index (χ0v) is 19.2. The van der Waals surface area contributed by atoms with Crippen molar-refractivity contribution in [3.05, 3.63) is 52.2 Å². The van der Waals surface area contributed by atoms with Crippen LogP contribution in [0.1, 0.15) is 42.2 Å². The molecule has 1 aromatic carbocycles. The van der Waals surface area contributed by atoms with Crippen molar-refractivity contribution >= 4 is 28.9 Å². The highest BCUT2D eigenvalue weighted by Gasteiger charge is 2.25. The van der Waals surface area contributed by atoms with Crippen LogP contribution in [0.3, 0.4) is 0 Å². The van der Waals surface area contributed by atoms with E-state index in [4.69, 9.17) is 0 Å². The first-order valence-electron chi connectivity index (χ1n) is 11.4. The number of para-hydroxylation sites is 1.